The Kier molecular flexibility index (Phi) is 7.09. The van der Waals surface area contributed by atoms with Crippen molar-refractivity contribution in [3.63, 3.8) is 0 Å². The summed E-state index contributed by atoms with van der Waals surface area (Å²) >= 11 is 0. The van der Waals surface area contributed by atoms with Gasteiger partial charge in [0.25, 0.3) is 0 Å². The predicted molar refractivity (Wildman–Crippen MR) is 135 cm³/mol. The van der Waals surface area contributed by atoms with Crippen LogP contribution < -0.4 is 15.2 Å². The summed E-state index contributed by atoms with van der Waals surface area (Å²) in [5.74, 6) is 0.444. The van der Waals surface area contributed by atoms with Crippen LogP contribution in [0.15, 0.2) is 65.5 Å². The molecule has 0 fully saturated rings. The number of nitrogens with one attached hydrogen (secondary N) is 1. The first-order valence-corrected chi connectivity index (χ1v) is 13.4. The van der Waals surface area contributed by atoms with Crippen LogP contribution in [0.1, 0.15) is 24.1 Å². The van der Waals surface area contributed by atoms with E-state index in [1.54, 1.807) is 25.1 Å². The van der Waals surface area contributed by atoms with E-state index in [2.05, 4.69) is 4.98 Å². The maximum absolute atomic E-state index is 13.6. The molecule has 1 N–H and O–H groups in total. The molecule has 0 aliphatic carbocycles. The Balaban J connectivity index is 1.89. The zero-order chi connectivity index (χ0) is 27.0. The van der Waals surface area contributed by atoms with Crippen LogP contribution in [0.5, 0.6) is 11.5 Å². The summed E-state index contributed by atoms with van der Waals surface area (Å²) < 4.78 is 77.7. The molecule has 3 aromatic carbocycles. The molecule has 0 saturated carbocycles. The van der Waals surface area contributed by atoms with Gasteiger partial charge >= 0.3 is 11.9 Å². The standard InChI is InChI=1S/C26H25F3N2O5S/c1-4-36-24-14-17(10-12-23(24)35-2)22(15-37(3,33)34)31-21-11-9-16(13-20(21)30-25(31)32)18-7-5-6-8-19(18)26(27,28)29/h5-14,22H,4,15H2,1-3H3,(H,30,32)/t22-/m1/s1. The molecule has 4 rings (SSSR count). The van der Waals surface area contributed by atoms with Gasteiger partial charge in [0.1, 0.15) is 9.84 Å². The van der Waals surface area contributed by atoms with Crippen LogP contribution >= 0.6 is 0 Å². The lowest BCUT2D eigenvalue weighted by molar-refractivity contribution is -0.137. The summed E-state index contributed by atoms with van der Waals surface area (Å²) in [6.45, 7) is 2.13. The molecule has 11 heteroatoms. The van der Waals surface area contributed by atoms with E-state index in [1.165, 1.54) is 48.1 Å². The first kappa shape index (κ1) is 26.3. The van der Waals surface area contributed by atoms with Crippen molar-refractivity contribution in [2.45, 2.75) is 19.1 Å². The molecule has 196 valence electrons. The third-order valence-corrected chi connectivity index (χ3v) is 6.83. The predicted octanol–water partition coefficient (Wildman–Crippen LogP) is 5.06. The number of fused-ring (bicyclic) bond motifs is 1. The second-order valence-electron chi connectivity index (χ2n) is 8.53. The van der Waals surface area contributed by atoms with Crippen molar-refractivity contribution < 1.29 is 31.1 Å². The molecule has 37 heavy (non-hydrogen) atoms. The van der Waals surface area contributed by atoms with E-state index in [0.717, 1.165) is 12.3 Å². The van der Waals surface area contributed by atoms with Crippen molar-refractivity contribution in [1.82, 2.24) is 9.55 Å². The van der Waals surface area contributed by atoms with E-state index in [9.17, 15) is 26.4 Å². The zero-order valence-electron chi connectivity index (χ0n) is 20.3. The van der Waals surface area contributed by atoms with Gasteiger partial charge in [-0.05, 0) is 53.9 Å². The lowest BCUT2D eigenvalue weighted by Gasteiger charge is -2.20. The molecule has 4 aromatic rings. The number of aromatic amines is 1. The highest BCUT2D eigenvalue weighted by molar-refractivity contribution is 7.90. The average Bonchev–Trinajstić information content (AvgIpc) is 3.16. The van der Waals surface area contributed by atoms with Crippen LogP contribution in [0, 0.1) is 0 Å². The Labute approximate surface area is 211 Å². The number of rotatable bonds is 8. The van der Waals surface area contributed by atoms with Crippen LogP contribution in [-0.2, 0) is 16.0 Å². The minimum Gasteiger partial charge on any atom is -0.493 e. The van der Waals surface area contributed by atoms with Crippen LogP contribution in [0.4, 0.5) is 13.2 Å². The van der Waals surface area contributed by atoms with E-state index in [0.29, 0.717) is 29.2 Å². The third-order valence-electron chi connectivity index (χ3n) is 5.90. The van der Waals surface area contributed by atoms with Gasteiger partial charge in [0.15, 0.2) is 11.5 Å². The molecule has 1 heterocycles. The van der Waals surface area contributed by atoms with Crippen molar-refractivity contribution in [1.29, 1.82) is 0 Å². The summed E-state index contributed by atoms with van der Waals surface area (Å²) in [6, 6.07) is 13.6. The number of hydrogen-bond donors (Lipinski definition) is 1. The number of alkyl halides is 3. The van der Waals surface area contributed by atoms with E-state index in [1.807, 2.05) is 0 Å². The molecule has 0 radical (unpaired) electrons. The minimum absolute atomic E-state index is 0.0327. The van der Waals surface area contributed by atoms with Gasteiger partial charge < -0.3 is 14.5 Å². The fourth-order valence-corrected chi connectivity index (χ4v) is 5.28. The highest BCUT2D eigenvalue weighted by atomic mass is 32.2. The number of sulfone groups is 1. The van der Waals surface area contributed by atoms with Gasteiger partial charge in [0.05, 0.1) is 42.1 Å². The summed E-state index contributed by atoms with van der Waals surface area (Å²) in [6.07, 6.45) is -3.49. The number of H-pyrrole nitrogens is 1. The van der Waals surface area contributed by atoms with Gasteiger partial charge in [-0.2, -0.15) is 13.2 Å². The zero-order valence-corrected chi connectivity index (χ0v) is 21.1. The largest absolute Gasteiger partial charge is 0.493 e. The van der Waals surface area contributed by atoms with E-state index in [-0.39, 0.29) is 16.6 Å². The number of nitrogens with zero attached hydrogens (tertiary/aromatic N) is 1. The second kappa shape index (κ2) is 9.97. The lowest BCUT2D eigenvalue weighted by Crippen LogP contribution is -2.28. The summed E-state index contributed by atoms with van der Waals surface area (Å²) in [5.41, 5.74) is -0.0564. The van der Waals surface area contributed by atoms with Gasteiger partial charge in [-0.25, -0.2) is 13.2 Å². The Morgan fingerprint density at radius 2 is 1.76 bits per heavy atom. The van der Waals surface area contributed by atoms with Crippen LogP contribution in [0.25, 0.3) is 22.2 Å². The number of aromatic nitrogens is 2. The molecule has 0 bridgehead atoms. The van der Waals surface area contributed by atoms with Crippen LogP contribution in [-0.4, -0.2) is 43.7 Å². The molecule has 0 amide bonds. The highest BCUT2D eigenvalue weighted by Crippen LogP contribution is 2.38. The number of halogens is 3. The van der Waals surface area contributed by atoms with Gasteiger partial charge in [-0.15, -0.1) is 0 Å². The fourth-order valence-electron chi connectivity index (χ4n) is 4.37. The monoisotopic (exact) mass is 534 g/mol. The fraction of sp³-hybridized carbons (Fsp3) is 0.269. The lowest BCUT2D eigenvalue weighted by atomic mass is 9.99. The number of benzene rings is 3. The molecule has 1 atom stereocenters. The maximum Gasteiger partial charge on any atom is 0.417 e. The van der Waals surface area contributed by atoms with Crippen molar-refractivity contribution in [3.05, 3.63) is 82.3 Å². The number of methoxy groups -OCH3 is 1. The van der Waals surface area contributed by atoms with Crippen molar-refractivity contribution in [2.24, 2.45) is 0 Å². The van der Waals surface area contributed by atoms with E-state index < -0.39 is 39.1 Å². The molecular formula is C26H25F3N2O5S. The summed E-state index contributed by atoms with van der Waals surface area (Å²) in [4.78, 5) is 15.8. The maximum atomic E-state index is 13.6. The Hall–Kier alpha value is -3.73. The number of hydrogen-bond acceptors (Lipinski definition) is 5. The number of ether oxygens (including phenoxy) is 2. The van der Waals surface area contributed by atoms with Crippen molar-refractivity contribution in [3.8, 4) is 22.6 Å². The van der Waals surface area contributed by atoms with Crippen LogP contribution in [0.2, 0.25) is 0 Å². The Bertz CT molecular complexity index is 1610. The molecular weight excluding hydrogens is 509 g/mol. The summed E-state index contributed by atoms with van der Waals surface area (Å²) in [5, 5.41) is 0. The van der Waals surface area contributed by atoms with Crippen molar-refractivity contribution in [2.75, 3.05) is 25.7 Å². The Morgan fingerprint density at radius 3 is 2.41 bits per heavy atom. The average molecular weight is 535 g/mol. The molecule has 0 aliphatic heterocycles. The van der Waals surface area contributed by atoms with Crippen molar-refractivity contribution >= 4 is 20.9 Å². The molecule has 1 aromatic heterocycles. The third kappa shape index (κ3) is 5.51. The first-order chi connectivity index (χ1) is 17.4. The molecule has 0 saturated heterocycles. The molecule has 0 aliphatic rings. The molecule has 7 nitrogen and oxygen atoms in total. The molecule has 0 unspecified atom stereocenters. The minimum atomic E-state index is -4.56. The SMILES string of the molecule is CCOc1cc([C@@H](CS(C)(=O)=O)n2c(=O)[nH]c3cc(-c4ccccc4C(F)(F)F)ccc32)ccc1OC. The van der Waals surface area contributed by atoms with E-state index >= 15 is 0 Å². The van der Waals surface area contributed by atoms with Gasteiger partial charge in [-0.1, -0.05) is 30.3 Å². The summed E-state index contributed by atoms with van der Waals surface area (Å²) in [7, 11) is -2.09. The second-order valence-corrected chi connectivity index (χ2v) is 10.7. The highest BCUT2D eigenvalue weighted by Gasteiger charge is 2.33. The quantitative estimate of drug-likeness (QED) is 0.342. The van der Waals surface area contributed by atoms with Crippen LogP contribution in [0.3, 0.4) is 0 Å². The van der Waals surface area contributed by atoms with Gasteiger partial charge in [0, 0.05) is 6.26 Å². The first-order valence-electron chi connectivity index (χ1n) is 11.3. The smallest absolute Gasteiger partial charge is 0.417 e. The van der Waals surface area contributed by atoms with Gasteiger partial charge in [0.2, 0.25) is 0 Å². The molecule has 0 spiro atoms. The topological polar surface area (TPSA) is 90.4 Å². The Morgan fingerprint density at radius 1 is 1.03 bits per heavy atom. The number of imidazole rings is 1. The van der Waals surface area contributed by atoms with E-state index in [4.69, 9.17) is 9.47 Å². The van der Waals surface area contributed by atoms with Gasteiger partial charge in [-0.3, -0.25) is 4.57 Å². The normalized spacial score (nSPS) is 13.0.